The molecular weight excluding hydrogens is 485 g/mol. The normalized spacial score (nSPS) is 12.0. The highest BCUT2D eigenvalue weighted by Crippen LogP contribution is 2.09. The Kier molecular flexibility index (Phi) is 10.6. The topological polar surface area (TPSA) is 135 Å². The van der Waals surface area contributed by atoms with Gasteiger partial charge >= 0.3 is 6.09 Å². The molecule has 1 amide bonds. The number of nitrogens with two attached hydrogens (primary N) is 1. The molecule has 0 fully saturated rings. The predicted octanol–water partition coefficient (Wildman–Crippen LogP) is 1.14. The van der Waals surface area contributed by atoms with Crippen molar-refractivity contribution in [3.05, 3.63) is 29.8 Å². The van der Waals surface area contributed by atoms with E-state index in [4.69, 9.17) is 9.88 Å². The standard InChI is InChI=1S/C16H27N5O4S.HI/c1-16(2,3)25-15(22)20-9-8-19-14(18-4)21-11-12-6-5-7-13(10-12)26(17,23)24;/h5-7,10H,8-9,11H2,1-4H3,(H,20,22)(H2,17,23,24)(H2,18,19,21);1H. The number of primary sulfonamides is 1. The molecule has 0 bridgehead atoms. The van der Waals surface area contributed by atoms with E-state index in [1.165, 1.54) is 12.1 Å². The van der Waals surface area contributed by atoms with Gasteiger partial charge in [-0.25, -0.2) is 18.4 Å². The van der Waals surface area contributed by atoms with Crippen LogP contribution in [0.3, 0.4) is 0 Å². The number of ether oxygens (including phenoxy) is 1. The Hall–Kier alpha value is -1.60. The Morgan fingerprint density at radius 1 is 1.19 bits per heavy atom. The lowest BCUT2D eigenvalue weighted by atomic mass is 10.2. The predicted molar refractivity (Wildman–Crippen MR) is 116 cm³/mol. The number of amides is 1. The number of rotatable bonds is 6. The fraction of sp³-hybridized carbons (Fsp3) is 0.500. The summed E-state index contributed by atoms with van der Waals surface area (Å²) in [6.07, 6.45) is -0.484. The van der Waals surface area contributed by atoms with E-state index in [-0.39, 0.29) is 28.9 Å². The number of nitrogens with zero attached hydrogens (tertiary/aromatic N) is 1. The maximum atomic E-state index is 11.5. The second kappa shape index (κ2) is 11.3. The van der Waals surface area contributed by atoms with Gasteiger partial charge in [-0.05, 0) is 38.5 Å². The average molecular weight is 513 g/mol. The van der Waals surface area contributed by atoms with Crippen LogP contribution in [0.1, 0.15) is 26.3 Å². The van der Waals surface area contributed by atoms with Crippen molar-refractivity contribution in [2.45, 2.75) is 37.8 Å². The molecule has 0 saturated heterocycles. The van der Waals surface area contributed by atoms with Gasteiger partial charge in [-0.3, -0.25) is 4.99 Å². The number of hydrogen-bond donors (Lipinski definition) is 4. The van der Waals surface area contributed by atoms with Gasteiger partial charge in [0.25, 0.3) is 0 Å². The molecule has 11 heteroatoms. The summed E-state index contributed by atoms with van der Waals surface area (Å²) in [6, 6.07) is 6.34. The van der Waals surface area contributed by atoms with Gasteiger partial charge in [-0.15, -0.1) is 24.0 Å². The lowest BCUT2D eigenvalue weighted by molar-refractivity contribution is 0.0529. The fourth-order valence-electron chi connectivity index (χ4n) is 1.90. The molecule has 0 aliphatic rings. The molecule has 9 nitrogen and oxygen atoms in total. The molecule has 0 saturated carbocycles. The summed E-state index contributed by atoms with van der Waals surface area (Å²) in [7, 11) is -2.13. The summed E-state index contributed by atoms with van der Waals surface area (Å²) in [5.41, 5.74) is 0.201. The molecule has 0 unspecified atom stereocenters. The van der Waals surface area contributed by atoms with Gasteiger partial charge < -0.3 is 20.7 Å². The summed E-state index contributed by atoms with van der Waals surface area (Å²) in [6.45, 7) is 6.54. The van der Waals surface area contributed by atoms with Gasteiger partial charge in [0, 0.05) is 26.7 Å². The number of carbonyl (C=O) groups excluding carboxylic acids is 1. The zero-order valence-corrected chi connectivity index (χ0v) is 19.1. The van der Waals surface area contributed by atoms with E-state index in [0.717, 1.165) is 5.56 Å². The van der Waals surface area contributed by atoms with Crippen LogP contribution in [0.25, 0.3) is 0 Å². The molecule has 1 aromatic carbocycles. The van der Waals surface area contributed by atoms with Crippen LogP contribution in [0, 0.1) is 0 Å². The zero-order chi connectivity index (χ0) is 19.8. The molecular formula is C16H28IN5O4S. The Labute approximate surface area is 177 Å². The number of sulfonamides is 1. The number of benzene rings is 1. The first kappa shape index (κ1) is 25.4. The van der Waals surface area contributed by atoms with Crippen molar-refractivity contribution in [3.63, 3.8) is 0 Å². The van der Waals surface area contributed by atoms with E-state index >= 15 is 0 Å². The van der Waals surface area contributed by atoms with Crippen LogP contribution in [0.15, 0.2) is 34.2 Å². The van der Waals surface area contributed by atoms with Crippen molar-refractivity contribution in [1.29, 1.82) is 0 Å². The number of halogens is 1. The van der Waals surface area contributed by atoms with Crippen molar-refractivity contribution < 1.29 is 17.9 Å². The number of nitrogens with one attached hydrogen (secondary N) is 3. The zero-order valence-electron chi connectivity index (χ0n) is 15.9. The Bertz CT molecular complexity index is 747. The Morgan fingerprint density at radius 2 is 1.81 bits per heavy atom. The number of hydrogen-bond acceptors (Lipinski definition) is 5. The SMILES string of the molecule is CN=C(NCCNC(=O)OC(C)(C)C)NCc1cccc(S(N)(=O)=O)c1.I. The fourth-order valence-corrected chi connectivity index (χ4v) is 2.48. The van der Waals surface area contributed by atoms with Crippen LogP contribution in [-0.4, -0.2) is 46.2 Å². The summed E-state index contributed by atoms with van der Waals surface area (Å²) in [4.78, 5) is 15.6. The molecule has 1 aromatic rings. The third-order valence-electron chi connectivity index (χ3n) is 3.00. The second-order valence-electron chi connectivity index (χ2n) is 6.47. The summed E-state index contributed by atoms with van der Waals surface area (Å²) in [5, 5.41) is 13.8. The molecule has 0 atom stereocenters. The Morgan fingerprint density at radius 3 is 2.37 bits per heavy atom. The van der Waals surface area contributed by atoms with Gasteiger partial charge in [0.05, 0.1) is 4.90 Å². The maximum absolute atomic E-state index is 11.5. The largest absolute Gasteiger partial charge is 0.444 e. The van der Waals surface area contributed by atoms with Crippen molar-refractivity contribution in [1.82, 2.24) is 16.0 Å². The molecule has 1 rings (SSSR count). The minimum Gasteiger partial charge on any atom is -0.444 e. The van der Waals surface area contributed by atoms with Crippen LogP contribution in [0.5, 0.6) is 0 Å². The first-order valence-electron chi connectivity index (χ1n) is 8.04. The molecule has 0 spiro atoms. The first-order valence-corrected chi connectivity index (χ1v) is 9.59. The van der Waals surface area contributed by atoms with Crippen LogP contribution in [0.4, 0.5) is 4.79 Å². The minimum atomic E-state index is -3.73. The van der Waals surface area contributed by atoms with Crippen LogP contribution >= 0.6 is 24.0 Å². The van der Waals surface area contributed by atoms with E-state index in [0.29, 0.717) is 25.6 Å². The van der Waals surface area contributed by atoms with Crippen molar-refractivity contribution in [2.75, 3.05) is 20.1 Å². The Balaban J connectivity index is 0.00000676. The molecule has 0 aliphatic carbocycles. The van der Waals surface area contributed by atoms with E-state index in [2.05, 4.69) is 20.9 Å². The van der Waals surface area contributed by atoms with Crippen LogP contribution < -0.4 is 21.1 Å². The number of aliphatic imine (C=N–C) groups is 1. The van der Waals surface area contributed by atoms with Crippen LogP contribution in [-0.2, 0) is 21.3 Å². The monoisotopic (exact) mass is 513 g/mol. The quantitative estimate of drug-likeness (QED) is 0.195. The third kappa shape index (κ3) is 11.0. The number of alkyl carbamates (subject to hydrolysis) is 1. The van der Waals surface area contributed by atoms with Gasteiger partial charge in [0.2, 0.25) is 10.0 Å². The highest BCUT2D eigenvalue weighted by Gasteiger charge is 2.15. The highest BCUT2D eigenvalue weighted by molar-refractivity contribution is 14.0. The lowest BCUT2D eigenvalue weighted by Crippen LogP contribution is -2.42. The summed E-state index contributed by atoms with van der Waals surface area (Å²) < 4.78 is 27.9. The number of carbonyl (C=O) groups is 1. The van der Waals surface area contributed by atoms with Crippen molar-refractivity contribution >= 4 is 46.1 Å². The summed E-state index contributed by atoms with van der Waals surface area (Å²) in [5.74, 6) is 0.511. The molecule has 0 heterocycles. The molecule has 27 heavy (non-hydrogen) atoms. The molecule has 0 aliphatic heterocycles. The van der Waals surface area contributed by atoms with Crippen LogP contribution in [0.2, 0.25) is 0 Å². The average Bonchev–Trinajstić information content (AvgIpc) is 2.52. The van der Waals surface area contributed by atoms with E-state index in [1.54, 1.807) is 40.0 Å². The molecule has 5 N–H and O–H groups in total. The highest BCUT2D eigenvalue weighted by atomic mass is 127. The first-order chi connectivity index (χ1) is 12.0. The van der Waals surface area contributed by atoms with Crippen molar-refractivity contribution in [3.8, 4) is 0 Å². The smallest absolute Gasteiger partial charge is 0.407 e. The molecule has 154 valence electrons. The lowest BCUT2D eigenvalue weighted by Gasteiger charge is -2.20. The van der Waals surface area contributed by atoms with E-state index in [1.807, 2.05) is 0 Å². The molecule has 0 radical (unpaired) electrons. The molecule has 0 aromatic heterocycles. The maximum Gasteiger partial charge on any atom is 0.407 e. The van der Waals surface area contributed by atoms with Gasteiger partial charge in [-0.2, -0.15) is 0 Å². The third-order valence-corrected chi connectivity index (χ3v) is 3.91. The number of guanidine groups is 1. The van der Waals surface area contributed by atoms with Crippen molar-refractivity contribution in [2.24, 2.45) is 10.1 Å². The van der Waals surface area contributed by atoms with E-state index < -0.39 is 21.7 Å². The van der Waals surface area contributed by atoms with Gasteiger partial charge in [-0.1, -0.05) is 12.1 Å². The second-order valence-corrected chi connectivity index (χ2v) is 8.04. The summed E-state index contributed by atoms with van der Waals surface area (Å²) >= 11 is 0. The van der Waals surface area contributed by atoms with Gasteiger partial charge in [0.15, 0.2) is 5.96 Å². The minimum absolute atomic E-state index is 0. The van der Waals surface area contributed by atoms with Gasteiger partial charge in [0.1, 0.15) is 5.60 Å². The van der Waals surface area contributed by atoms with E-state index in [9.17, 15) is 13.2 Å².